The molecular formula is C11H16F2N2O. The van der Waals surface area contributed by atoms with Gasteiger partial charge in [-0.25, -0.2) is 8.78 Å². The van der Waals surface area contributed by atoms with Crippen LogP contribution in [0.4, 0.5) is 8.78 Å². The lowest BCUT2D eigenvalue weighted by molar-refractivity contribution is 0.169. The fourth-order valence-electron chi connectivity index (χ4n) is 1.35. The first-order valence-corrected chi connectivity index (χ1v) is 5.19. The highest BCUT2D eigenvalue weighted by Crippen LogP contribution is 2.17. The number of benzene rings is 1. The predicted octanol–water partition coefficient (Wildman–Crippen LogP) is 0.937. The summed E-state index contributed by atoms with van der Waals surface area (Å²) in [6.07, 6.45) is -0.272. The second-order valence-corrected chi connectivity index (χ2v) is 3.53. The van der Waals surface area contributed by atoms with Crippen LogP contribution in [-0.4, -0.2) is 24.7 Å². The molecule has 0 aromatic heterocycles. The van der Waals surface area contributed by atoms with Gasteiger partial charge in [-0.3, -0.25) is 0 Å². The van der Waals surface area contributed by atoms with Crippen LogP contribution >= 0.6 is 0 Å². The van der Waals surface area contributed by atoms with Crippen LogP contribution < -0.4 is 11.1 Å². The van der Waals surface area contributed by atoms with Crippen molar-refractivity contribution in [2.24, 2.45) is 5.73 Å². The molecule has 3 nitrogen and oxygen atoms in total. The van der Waals surface area contributed by atoms with Crippen LogP contribution in [0.2, 0.25) is 0 Å². The van der Waals surface area contributed by atoms with Crippen molar-refractivity contribution in [3.8, 4) is 0 Å². The van der Waals surface area contributed by atoms with E-state index in [1.807, 2.05) is 0 Å². The predicted molar refractivity (Wildman–Crippen MR) is 57.9 cm³/mol. The first-order chi connectivity index (χ1) is 7.65. The molecule has 0 aliphatic carbocycles. The summed E-state index contributed by atoms with van der Waals surface area (Å²) in [7, 11) is 0. The van der Waals surface area contributed by atoms with Crippen molar-refractivity contribution in [3.63, 3.8) is 0 Å². The zero-order valence-corrected chi connectivity index (χ0v) is 8.92. The van der Waals surface area contributed by atoms with Crippen molar-refractivity contribution in [3.05, 3.63) is 35.4 Å². The van der Waals surface area contributed by atoms with E-state index in [2.05, 4.69) is 5.32 Å². The average molecular weight is 230 g/mol. The Morgan fingerprint density at radius 2 is 2.12 bits per heavy atom. The zero-order chi connectivity index (χ0) is 12.0. The van der Waals surface area contributed by atoms with Gasteiger partial charge in [-0.15, -0.1) is 0 Å². The third-order valence-corrected chi connectivity index (χ3v) is 2.21. The van der Waals surface area contributed by atoms with Crippen LogP contribution in [0.25, 0.3) is 0 Å². The summed E-state index contributed by atoms with van der Waals surface area (Å²) in [5.74, 6) is -1.16. The maximum Gasteiger partial charge on any atom is 0.129 e. The van der Waals surface area contributed by atoms with Gasteiger partial charge in [0.15, 0.2) is 0 Å². The lowest BCUT2D eigenvalue weighted by Crippen LogP contribution is -2.24. The van der Waals surface area contributed by atoms with Gasteiger partial charge in [0.2, 0.25) is 0 Å². The van der Waals surface area contributed by atoms with Crippen LogP contribution in [0.15, 0.2) is 18.2 Å². The summed E-state index contributed by atoms with van der Waals surface area (Å²) in [5.41, 5.74) is 5.26. The Balaban J connectivity index is 2.51. The minimum absolute atomic E-state index is 0.0275. The van der Waals surface area contributed by atoms with Crippen molar-refractivity contribution < 1.29 is 13.9 Å². The third-order valence-electron chi connectivity index (χ3n) is 2.21. The summed E-state index contributed by atoms with van der Waals surface area (Å²) in [6, 6.07) is 3.03. The number of hydrogen-bond donors (Lipinski definition) is 3. The molecule has 1 aromatic rings. The van der Waals surface area contributed by atoms with Crippen LogP contribution in [0.3, 0.4) is 0 Å². The minimum atomic E-state index is -1.05. The van der Waals surface area contributed by atoms with Gasteiger partial charge in [0, 0.05) is 12.1 Å². The van der Waals surface area contributed by atoms with Gasteiger partial charge in [-0.05, 0) is 37.7 Å². The normalized spacial score (nSPS) is 12.8. The number of aliphatic hydroxyl groups is 1. The largest absolute Gasteiger partial charge is 0.387 e. The van der Waals surface area contributed by atoms with Gasteiger partial charge in [-0.1, -0.05) is 0 Å². The molecule has 90 valence electrons. The number of nitrogens with two attached hydrogens (primary N) is 1. The van der Waals surface area contributed by atoms with Crippen LogP contribution in [0.5, 0.6) is 0 Å². The number of halogens is 2. The number of rotatable bonds is 6. The molecule has 0 saturated carbocycles. The zero-order valence-electron chi connectivity index (χ0n) is 8.92. The molecule has 0 saturated heterocycles. The van der Waals surface area contributed by atoms with E-state index in [0.717, 1.165) is 24.6 Å². The van der Waals surface area contributed by atoms with Crippen molar-refractivity contribution >= 4 is 0 Å². The molecule has 0 aliphatic rings. The quantitative estimate of drug-likeness (QED) is 0.637. The molecule has 16 heavy (non-hydrogen) atoms. The number of nitrogens with one attached hydrogen (secondary N) is 1. The molecular weight excluding hydrogens is 214 g/mol. The van der Waals surface area contributed by atoms with Gasteiger partial charge >= 0.3 is 0 Å². The molecule has 1 aromatic carbocycles. The Morgan fingerprint density at radius 1 is 1.38 bits per heavy atom. The molecule has 4 N–H and O–H groups in total. The van der Waals surface area contributed by atoms with Gasteiger partial charge in [0.05, 0.1) is 6.10 Å². The van der Waals surface area contributed by atoms with Crippen LogP contribution in [0, 0.1) is 11.6 Å². The first-order valence-electron chi connectivity index (χ1n) is 5.19. The molecule has 1 rings (SSSR count). The molecule has 0 fully saturated rings. The highest BCUT2D eigenvalue weighted by molar-refractivity contribution is 5.21. The highest BCUT2D eigenvalue weighted by atomic mass is 19.1. The van der Waals surface area contributed by atoms with Crippen LogP contribution in [0.1, 0.15) is 18.1 Å². The smallest absolute Gasteiger partial charge is 0.129 e. The Kier molecular flexibility index (Phi) is 5.31. The summed E-state index contributed by atoms with van der Waals surface area (Å²) >= 11 is 0. The van der Waals surface area contributed by atoms with Crippen LogP contribution in [-0.2, 0) is 0 Å². The molecule has 0 aliphatic heterocycles. The van der Waals surface area contributed by atoms with Gasteiger partial charge in [-0.2, -0.15) is 0 Å². The molecule has 0 amide bonds. The summed E-state index contributed by atoms with van der Waals surface area (Å²) in [6.45, 7) is 1.38. The number of aliphatic hydroxyl groups excluding tert-OH is 1. The molecule has 1 atom stereocenters. The Hall–Kier alpha value is -1.04. The Labute approximate surface area is 93.3 Å². The minimum Gasteiger partial charge on any atom is -0.387 e. The second-order valence-electron chi connectivity index (χ2n) is 3.53. The lowest BCUT2D eigenvalue weighted by Gasteiger charge is -2.12. The van der Waals surface area contributed by atoms with E-state index in [1.165, 1.54) is 0 Å². The molecule has 1 unspecified atom stereocenters. The average Bonchev–Trinajstić information content (AvgIpc) is 2.27. The number of hydrogen-bond acceptors (Lipinski definition) is 3. The van der Waals surface area contributed by atoms with E-state index in [9.17, 15) is 13.9 Å². The summed E-state index contributed by atoms with van der Waals surface area (Å²) in [4.78, 5) is 0. The standard InChI is InChI=1S/C11H16F2N2O/c12-8-2-3-10(13)9(6-8)11(16)7-15-5-1-4-14/h2-3,6,11,15-16H,1,4-5,7,14H2. The Bertz CT molecular complexity index is 334. The monoisotopic (exact) mass is 230 g/mol. The van der Waals surface area contributed by atoms with E-state index in [-0.39, 0.29) is 12.1 Å². The molecule has 0 heterocycles. The fourth-order valence-corrected chi connectivity index (χ4v) is 1.35. The van der Waals surface area contributed by atoms with Crippen molar-refractivity contribution in [2.45, 2.75) is 12.5 Å². The summed E-state index contributed by atoms with van der Waals surface area (Å²) < 4.78 is 26.1. The van der Waals surface area contributed by atoms with Crippen molar-refractivity contribution in [2.75, 3.05) is 19.6 Å². The van der Waals surface area contributed by atoms with E-state index in [0.29, 0.717) is 13.1 Å². The van der Waals surface area contributed by atoms with Gasteiger partial charge < -0.3 is 16.2 Å². The van der Waals surface area contributed by atoms with E-state index in [1.54, 1.807) is 0 Å². The van der Waals surface area contributed by atoms with Crippen molar-refractivity contribution in [1.82, 2.24) is 5.32 Å². The summed E-state index contributed by atoms with van der Waals surface area (Å²) in [5, 5.41) is 12.5. The molecule has 0 bridgehead atoms. The van der Waals surface area contributed by atoms with E-state index < -0.39 is 17.7 Å². The lowest BCUT2D eigenvalue weighted by atomic mass is 10.1. The van der Waals surface area contributed by atoms with E-state index in [4.69, 9.17) is 5.73 Å². The molecule has 0 spiro atoms. The van der Waals surface area contributed by atoms with E-state index >= 15 is 0 Å². The topological polar surface area (TPSA) is 58.3 Å². The molecule has 0 radical (unpaired) electrons. The Morgan fingerprint density at radius 3 is 2.81 bits per heavy atom. The fraction of sp³-hybridized carbons (Fsp3) is 0.455. The van der Waals surface area contributed by atoms with Crippen molar-refractivity contribution in [1.29, 1.82) is 0 Å². The van der Waals surface area contributed by atoms with Gasteiger partial charge in [0.1, 0.15) is 11.6 Å². The maximum atomic E-state index is 13.2. The maximum absolute atomic E-state index is 13.2. The molecule has 5 heteroatoms. The first kappa shape index (κ1) is 13.0. The van der Waals surface area contributed by atoms with Gasteiger partial charge in [0.25, 0.3) is 0 Å². The second kappa shape index (κ2) is 6.52. The third kappa shape index (κ3) is 3.84. The SMILES string of the molecule is NCCCNCC(O)c1cc(F)ccc1F. The highest BCUT2D eigenvalue weighted by Gasteiger charge is 2.13.